The topological polar surface area (TPSA) is 81.0 Å². The van der Waals surface area contributed by atoms with Gasteiger partial charge in [0, 0.05) is 24.3 Å². The van der Waals surface area contributed by atoms with Crippen molar-refractivity contribution in [3.05, 3.63) is 33.2 Å². The number of carbonyl (C=O) groups is 1. The molecule has 0 saturated carbocycles. The number of Topliss-reactive ketones (excluding diaryl/α,β-unsaturated/α-hetero) is 1. The molecule has 6 nitrogen and oxygen atoms in total. The number of aromatic nitrogens is 1. The molecule has 1 aromatic heterocycles. The van der Waals surface area contributed by atoms with Gasteiger partial charge in [-0.3, -0.25) is 4.79 Å². The van der Waals surface area contributed by atoms with Crippen LogP contribution in [0.3, 0.4) is 0 Å². The number of ketones is 1. The van der Waals surface area contributed by atoms with Gasteiger partial charge in [0.05, 0.1) is 29.1 Å². The molecule has 0 aromatic carbocycles. The van der Waals surface area contributed by atoms with Gasteiger partial charge in [0.25, 0.3) is 0 Å². The average Bonchev–Trinajstić information content (AvgIpc) is 2.63. The largest absolute Gasteiger partial charge is 0.511 e. The van der Waals surface area contributed by atoms with Crippen LogP contribution in [0.1, 0.15) is 62.3 Å². The molecule has 2 rings (SSSR count). The van der Waals surface area contributed by atoms with E-state index in [0.717, 1.165) is 17.5 Å². The number of halogens is 1. The molecule has 1 unspecified atom stereocenters. The standard InChI is InChI=1S/C20H27ClN2O4/c1-6-8-14(23-27-7-2)18-15(24)9-13(10-16(18)25)17-11(3)19(21)12(4)22-20(17)26-5/h13,24H,6-10H2,1-5H3. The molecule has 1 aliphatic rings. The number of aryl methyl sites for hydroxylation is 1. The number of ether oxygens (including phenoxy) is 1. The third-order valence-corrected chi connectivity index (χ3v) is 5.23. The molecule has 148 valence electrons. The highest BCUT2D eigenvalue weighted by Crippen LogP contribution is 2.41. The first kappa shape index (κ1) is 21.2. The van der Waals surface area contributed by atoms with E-state index < -0.39 is 0 Å². The third kappa shape index (κ3) is 4.43. The quantitative estimate of drug-likeness (QED) is 0.530. The first-order chi connectivity index (χ1) is 12.8. The van der Waals surface area contributed by atoms with E-state index in [9.17, 15) is 9.90 Å². The smallest absolute Gasteiger partial charge is 0.217 e. The molecule has 1 atom stereocenters. The van der Waals surface area contributed by atoms with Crippen LogP contribution in [0.5, 0.6) is 5.88 Å². The molecule has 1 N–H and O–H groups in total. The maximum Gasteiger partial charge on any atom is 0.217 e. The van der Waals surface area contributed by atoms with Crippen molar-refractivity contribution in [1.82, 2.24) is 4.98 Å². The fourth-order valence-electron chi connectivity index (χ4n) is 3.47. The van der Waals surface area contributed by atoms with Gasteiger partial charge < -0.3 is 14.7 Å². The van der Waals surface area contributed by atoms with Gasteiger partial charge in [0.1, 0.15) is 12.4 Å². The van der Waals surface area contributed by atoms with E-state index >= 15 is 0 Å². The van der Waals surface area contributed by atoms with Crippen molar-refractivity contribution in [2.75, 3.05) is 13.7 Å². The molecule has 0 saturated heterocycles. The minimum Gasteiger partial charge on any atom is -0.511 e. The van der Waals surface area contributed by atoms with Gasteiger partial charge in [-0.25, -0.2) is 4.98 Å². The Morgan fingerprint density at radius 1 is 1.33 bits per heavy atom. The second-order valence-corrected chi connectivity index (χ2v) is 6.99. The Morgan fingerprint density at radius 2 is 2.04 bits per heavy atom. The zero-order chi connectivity index (χ0) is 20.1. The Morgan fingerprint density at radius 3 is 2.59 bits per heavy atom. The van der Waals surface area contributed by atoms with E-state index in [2.05, 4.69) is 10.1 Å². The molecular weight excluding hydrogens is 368 g/mol. The van der Waals surface area contributed by atoms with E-state index in [4.69, 9.17) is 21.2 Å². The lowest BCUT2D eigenvalue weighted by Gasteiger charge is -2.27. The molecule has 0 fully saturated rings. The van der Waals surface area contributed by atoms with Crippen molar-refractivity contribution in [2.24, 2.45) is 5.16 Å². The highest BCUT2D eigenvalue weighted by atomic mass is 35.5. The predicted octanol–water partition coefficient (Wildman–Crippen LogP) is 4.81. The van der Waals surface area contributed by atoms with Crippen LogP contribution in [0.25, 0.3) is 0 Å². The minimum absolute atomic E-state index is 0.0290. The van der Waals surface area contributed by atoms with Gasteiger partial charge in [0.2, 0.25) is 5.88 Å². The van der Waals surface area contributed by atoms with Crippen molar-refractivity contribution in [3.63, 3.8) is 0 Å². The summed E-state index contributed by atoms with van der Waals surface area (Å²) in [6, 6.07) is 0. The summed E-state index contributed by atoms with van der Waals surface area (Å²) in [6.45, 7) is 7.91. The maximum absolute atomic E-state index is 12.9. The van der Waals surface area contributed by atoms with E-state index in [1.807, 2.05) is 27.7 Å². The van der Waals surface area contributed by atoms with Crippen molar-refractivity contribution < 1.29 is 19.5 Å². The number of aliphatic hydroxyl groups excluding tert-OH is 1. The lowest BCUT2D eigenvalue weighted by Crippen LogP contribution is -2.25. The molecule has 1 aromatic rings. The minimum atomic E-state index is -0.253. The van der Waals surface area contributed by atoms with E-state index in [0.29, 0.717) is 41.8 Å². The first-order valence-electron chi connectivity index (χ1n) is 9.20. The summed E-state index contributed by atoms with van der Waals surface area (Å²) < 4.78 is 5.43. The molecule has 0 amide bonds. The van der Waals surface area contributed by atoms with E-state index in [1.54, 1.807) is 7.11 Å². The summed E-state index contributed by atoms with van der Waals surface area (Å²) in [5, 5.41) is 15.3. The molecule has 0 spiro atoms. The molecule has 0 bridgehead atoms. The summed E-state index contributed by atoms with van der Waals surface area (Å²) in [5.41, 5.74) is 3.05. The number of aliphatic hydroxyl groups is 1. The molecule has 0 radical (unpaired) electrons. The number of allylic oxidation sites excluding steroid dienone is 2. The molecule has 0 aliphatic heterocycles. The van der Waals surface area contributed by atoms with Crippen molar-refractivity contribution in [3.8, 4) is 5.88 Å². The molecule has 1 aliphatic carbocycles. The number of oxime groups is 1. The number of hydrogen-bond acceptors (Lipinski definition) is 6. The van der Waals surface area contributed by atoms with Crippen LogP contribution < -0.4 is 4.74 Å². The fourth-order valence-corrected chi connectivity index (χ4v) is 3.61. The number of rotatable bonds is 7. The Kier molecular flexibility index (Phi) is 7.25. The molecular formula is C20H27ClN2O4. The highest BCUT2D eigenvalue weighted by molar-refractivity contribution is 6.32. The zero-order valence-electron chi connectivity index (χ0n) is 16.6. The van der Waals surface area contributed by atoms with Gasteiger partial charge in [-0.15, -0.1) is 0 Å². The summed E-state index contributed by atoms with van der Waals surface area (Å²) in [6.07, 6.45) is 1.89. The van der Waals surface area contributed by atoms with Crippen molar-refractivity contribution >= 4 is 23.1 Å². The van der Waals surface area contributed by atoms with Crippen molar-refractivity contribution in [1.29, 1.82) is 0 Å². The molecule has 7 heteroatoms. The Balaban J connectivity index is 2.46. The zero-order valence-corrected chi connectivity index (χ0v) is 17.3. The van der Waals surface area contributed by atoms with Gasteiger partial charge >= 0.3 is 0 Å². The second kappa shape index (κ2) is 9.22. The molecule has 1 heterocycles. The predicted molar refractivity (Wildman–Crippen MR) is 106 cm³/mol. The van der Waals surface area contributed by atoms with E-state index in [1.165, 1.54) is 0 Å². The SMILES string of the molecule is CCCC(=NOCC)C1=C(O)CC(c2c(OC)nc(C)c(Cl)c2C)CC1=O. The molecule has 27 heavy (non-hydrogen) atoms. The maximum atomic E-state index is 12.9. The lowest BCUT2D eigenvalue weighted by atomic mass is 9.79. The number of hydrogen-bond donors (Lipinski definition) is 1. The summed E-state index contributed by atoms with van der Waals surface area (Å²) in [7, 11) is 1.54. The van der Waals surface area contributed by atoms with Crippen LogP contribution in [-0.2, 0) is 9.63 Å². The first-order valence-corrected chi connectivity index (χ1v) is 9.58. The second-order valence-electron chi connectivity index (χ2n) is 6.61. The Bertz CT molecular complexity index is 787. The van der Waals surface area contributed by atoms with Crippen LogP contribution in [0.4, 0.5) is 0 Å². The Labute approximate surface area is 165 Å². The monoisotopic (exact) mass is 394 g/mol. The van der Waals surface area contributed by atoms with Gasteiger partial charge in [-0.05, 0) is 32.8 Å². The van der Waals surface area contributed by atoms with Crippen LogP contribution in [0.15, 0.2) is 16.5 Å². The van der Waals surface area contributed by atoms with Crippen LogP contribution in [0, 0.1) is 13.8 Å². The normalized spacial score (nSPS) is 18.1. The van der Waals surface area contributed by atoms with Gasteiger partial charge in [-0.1, -0.05) is 30.1 Å². The lowest BCUT2D eigenvalue weighted by molar-refractivity contribution is -0.116. The van der Waals surface area contributed by atoms with Gasteiger partial charge in [0.15, 0.2) is 5.78 Å². The fraction of sp³-hybridized carbons (Fsp3) is 0.550. The summed E-state index contributed by atoms with van der Waals surface area (Å²) >= 11 is 6.37. The number of methoxy groups -OCH3 is 1. The number of pyridine rings is 1. The number of nitrogens with zero attached hydrogens (tertiary/aromatic N) is 2. The number of carbonyl (C=O) groups excluding carboxylic acids is 1. The third-order valence-electron chi connectivity index (χ3n) is 4.67. The average molecular weight is 395 g/mol. The van der Waals surface area contributed by atoms with Gasteiger partial charge in [-0.2, -0.15) is 0 Å². The van der Waals surface area contributed by atoms with Crippen LogP contribution in [-0.4, -0.2) is 35.3 Å². The highest BCUT2D eigenvalue weighted by Gasteiger charge is 2.34. The van der Waals surface area contributed by atoms with E-state index in [-0.39, 0.29) is 29.5 Å². The Hall–Kier alpha value is -2.08. The summed E-state index contributed by atoms with van der Waals surface area (Å²) in [5.74, 6) is 0.0621. The van der Waals surface area contributed by atoms with Crippen molar-refractivity contribution in [2.45, 2.75) is 59.3 Å². The summed E-state index contributed by atoms with van der Waals surface area (Å²) in [4.78, 5) is 22.4. The van der Waals surface area contributed by atoms with Crippen LogP contribution >= 0.6 is 11.6 Å². The van der Waals surface area contributed by atoms with Crippen LogP contribution in [0.2, 0.25) is 5.02 Å².